The van der Waals surface area contributed by atoms with Crippen molar-refractivity contribution in [2.24, 2.45) is 11.8 Å². The van der Waals surface area contributed by atoms with E-state index in [1.807, 2.05) is 4.68 Å². The molecule has 1 fully saturated rings. The quantitative estimate of drug-likeness (QED) is 0.778. The average molecular weight is 311 g/mol. The van der Waals surface area contributed by atoms with Crippen LogP contribution in [-0.2, 0) is 24.2 Å². The van der Waals surface area contributed by atoms with Crippen molar-refractivity contribution in [3.8, 4) is 0 Å². The number of aryl methyl sites for hydroxylation is 2. The normalized spacial score (nSPS) is 22.8. The molecule has 2 rings (SSSR count). The summed E-state index contributed by atoms with van der Waals surface area (Å²) in [6.07, 6.45) is 6.90. The Hall–Kier alpha value is -0.830. The van der Waals surface area contributed by atoms with E-state index in [1.165, 1.54) is 12.8 Å². The van der Waals surface area contributed by atoms with Crippen LogP contribution in [-0.4, -0.2) is 15.6 Å². The van der Waals surface area contributed by atoms with Gasteiger partial charge in [-0.2, -0.15) is 5.10 Å². The molecule has 1 aromatic heterocycles. The standard InChI is InChI=1S/C17H27ClN2O/c1-4-7-12-8-9-16(21)13(10-12)11-15-17(18)14(5-2)19-20(15)6-3/h12-13H,4-11H2,1-3H3. The Labute approximate surface area is 133 Å². The van der Waals surface area contributed by atoms with Crippen LogP contribution in [0.15, 0.2) is 0 Å². The summed E-state index contributed by atoms with van der Waals surface area (Å²) in [5, 5.41) is 5.35. The number of carbonyl (C=O) groups excluding carboxylic acids is 1. The van der Waals surface area contributed by atoms with E-state index >= 15 is 0 Å². The highest BCUT2D eigenvalue weighted by atomic mass is 35.5. The minimum absolute atomic E-state index is 0.138. The number of aromatic nitrogens is 2. The van der Waals surface area contributed by atoms with E-state index in [1.54, 1.807) is 0 Å². The summed E-state index contributed by atoms with van der Waals surface area (Å²) in [7, 11) is 0. The maximum absolute atomic E-state index is 12.3. The summed E-state index contributed by atoms with van der Waals surface area (Å²) in [5.74, 6) is 1.26. The second kappa shape index (κ2) is 7.44. The fraction of sp³-hybridized carbons (Fsp3) is 0.765. The van der Waals surface area contributed by atoms with Crippen LogP contribution in [0.3, 0.4) is 0 Å². The summed E-state index contributed by atoms with van der Waals surface area (Å²) in [5.41, 5.74) is 2.02. The fourth-order valence-electron chi connectivity index (χ4n) is 3.52. The molecule has 0 aromatic carbocycles. The molecule has 0 amide bonds. The van der Waals surface area contributed by atoms with Crippen molar-refractivity contribution < 1.29 is 4.79 Å². The maximum Gasteiger partial charge on any atom is 0.136 e. The van der Waals surface area contributed by atoms with E-state index in [9.17, 15) is 4.79 Å². The molecule has 1 aliphatic rings. The van der Waals surface area contributed by atoms with Crippen molar-refractivity contribution in [3.05, 3.63) is 16.4 Å². The van der Waals surface area contributed by atoms with Crippen molar-refractivity contribution in [1.29, 1.82) is 0 Å². The number of hydrogen-bond donors (Lipinski definition) is 0. The first kappa shape index (κ1) is 16.5. The van der Waals surface area contributed by atoms with Gasteiger partial charge in [-0.1, -0.05) is 38.3 Å². The maximum atomic E-state index is 12.3. The minimum Gasteiger partial charge on any atom is -0.299 e. The summed E-state index contributed by atoms with van der Waals surface area (Å²) in [4.78, 5) is 12.3. The predicted octanol–water partition coefficient (Wildman–Crippen LogP) is 4.45. The van der Waals surface area contributed by atoms with Gasteiger partial charge in [-0.25, -0.2) is 0 Å². The zero-order valence-corrected chi connectivity index (χ0v) is 14.2. The molecule has 1 saturated carbocycles. The van der Waals surface area contributed by atoms with Gasteiger partial charge >= 0.3 is 0 Å². The Kier molecular flexibility index (Phi) is 5.86. The summed E-state index contributed by atoms with van der Waals surface area (Å²) in [6.45, 7) is 7.19. The Bertz CT molecular complexity index is 495. The van der Waals surface area contributed by atoms with Crippen LogP contribution in [0.4, 0.5) is 0 Å². The first-order valence-corrected chi connectivity index (χ1v) is 8.75. The summed E-state index contributed by atoms with van der Waals surface area (Å²) in [6, 6.07) is 0. The number of ketones is 1. The number of carbonyl (C=O) groups is 1. The number of nitrogens with zero attached hydrogens (tertiary/aromatic N) is 2. The van der Waals surface area contributed by atoms with Gasteiger partial charge in [-0.15, -0.1) is 0 Å². The highest BCUT2D eigenvalue weighted by molar-refractivity contribution is 6.31. The van der Waals surface area contributed by atoms with Crippen LogP contribution in [0.1, 0.15) is 64.3 Å². The molecule has 1 heterocycles. The monoisotopic (exact) mass is 310 g/mol. The van der Waals surface area contributed by atoms with Crippen LogP contribution in [0.5, 0.6) is 0 Å². The van der Waals surface area contributed by atoms with E-state index in [-0.39, 0.29) is 5.92 Å². The molecule has 1 aromatic rings. The van der Waals surface area contributed by atoms with Gasteiger partial charge in [-0.05, 0) is 32.1 Å². The Morgan fingerprint density at radius 3 is 2.71 bits per heavy atom. The Morgan fingerprint density at radius 1 is 1.33 bits per heavy atom. The topological polar surface area (TPSA) is 34.9 Å². The van der Waals surface area contributed by atoms with E-state index in [0.717, 1.165) is 55.1 Å². The van der Waals surface area contributed by atoms with Crippen molar-refractivity contribution in [3.63, 3.8) is 0 Å². The number of halogens is 1. The smallest absolute Gasteiger partial charge is 0.136 e. The second-order valence-electron chi connectivity index (χ2n) is 6.17. The van der Waals surface area contributed by atoms with E-state index in [4.69, 9.17) is 11.6 Å². The Balaban J connectivity index is 2.16. The molecule has 2 atom stereocenters. The molecule has 21 heavy (non-hydrogen) atoms. The van der Waals surface area contributed by atoms with Crippen LogP contribution >= 0.6 is 11.6 Å². The van der Waals surface area contributed by atoms with Crippen molar-refractivity contribution in [2.45, 2.75) is 72.3 Å². The van der Waals surface area contributed by atoms with Crippen molar-refractivity contribution >= 4 is 17.4 Å². The summed E-state index contributed by atoms with van der Waals surface area (Å²) < 4.78 is 1.98. The van der Waals surface area contributed by atoms with Gasteiger partial charge in [0.2, 0.25) is 0 Å². The molecule has 118 valence electrons. The van der Waals surface area contributed by atoms with Gasteiger partial charge in [0.15, 0.2) is 0 Å². The van der Waals surface area contributed by atoms with Gasteiger partial charge in [-0.3, -0.25) is 9.48 Å². The summed E-state index contributed by atoms with van der Waals surface area (Å²) >= 11 is 6.48. The third-order valence-electron chi connectivity index (χ3n) is 4.70. The van der Waals surface area contributed by atoms with Crippen molar-refractivity contribution in [1.82, 2.24) is 9.78 Å². The lowest BCUT2D eigenvalue weighted by Gasteiger charge is -2.28. The highest BCUT2D eigenvalue weighted by Crippen LogP contribution is 2.33. The van der Waals surface area contributed by atoms with Crippen LogP contribution in [0.2, 0.25) is 5.02 Å². The lowest BCUT2D eigenvalue weighted by Crippen LogP contribution is -2.27. The minimum atomic E-state index is 0.138. The van der Waals surface area contributed by atoms with Gasteiger partial charge in [0.25, 0.3) is 0 Å². The first-order chi connectivity index (χ1) is 10.1. The Morgan fingerprint density at radius 2 is 2.10 bits per heavy atom. The van der Waals surface area contributed by atoms with E-state index < -0.39 is 0 Å². The van der Waals surface area contributed by atoms with Gasteiger partial charge < -0.3 is 0 Å². The molecule has 0 saturated heterocycles. The van der Waals surface area contributed by atoms with Gasteiger partial charge in [0.05, 0.1) is 16.4 Å². The first-order valence-electron chi connectivity index (χ1n) is 8.37. The number of Topliss-reactive ketones (excluding diaryl/α,β-unsaturated/α-hetero) is 1. The average Bonchev–Trinajstić information content (AvgIpc) is 2.79. The van der Waals surface area contributed by atoms with Gasteiger partial charge in [0, 0.05) is 25.3 Å². The molecule has 0 N–H and O–H groups in total. The number of rotatable bonds is 6. The molecule has 2 unspecified atom stereocenters. The molecule has 0 bridgehead atoms. The van der Waals surface area contributed by atoms with Gasteiger partial charge in [0.1, 0.15) is 5.78 Å². The zero-order valence-electron chi connectivity index (χ0n) is 13.5. The molecule has 3 nitrogen and oxygen atoms in total. The second-order valence-corrected chi connectivity index (χ2v) is 6.55. The highest BCUT2D eigenvalue weighted by Gasteiger charge is 2.30. The van der Waals surface area contributed by atoms with Crippen molar-refractivity contribution in [2.75, 3.05) is 0 Å². The van der Waals surface area contributed by atoms with E-state index in [0.29, 0.717) is 11.7 Å². The SMILES string of the molecule is CCCC1CCC(=O)C(Cc2c(Cl)c(CC)nn2CC)C1. The molecule has 0 aliphatic heterocycles. The lowest BCUT2D eigenvalue weighted by atomic mass is 9.77. The third-order valence-corrected chi connectivity index (χ3v) is 5.14. The lowest BCUT2D eigenvalue weighted by molar-refractivity contribution is -0.125. The van der Waals surface area contributed by atoms with Crippen LogP contribution in [0.25, 0.3) is 0 Å². The molecule has 4 heteroatoms. The third kappa shape index (κ3) is 3.68. The predicted molar refractivity (Wildman–Crippen MR) is 86.7 cm³/mol. The largest absolute Gasteiger partial charge is 0.299 e. The molecule has 0 spiro atoms. The molecular weight excluding hydrogens is 284 g/mol. The molecule has 0 radical (unpaired) electrons. The number of hydrogen-bond acceptors (Lipinski definition) is 2. The fourth-order valence-corrected chi connectivity index (χ4v) is 3.86. The molecular formula is C17H27ClN2O. The molecule has 1 aliphatic carbocycles. The van der Waals surface area contributed by atoms with Crippen LogP contribution < -0.4 is 0 Å². The van der Waals surface area contributed by atoms with Crippen LogP contribution in [0, 0.1) is 11.8 Å². The van der Waals surface area contributed by atoms with E-state index in [2.05, 4.69) is 25.9 Å². The zero-order chi connectivity index (χ0) is 15.4.